The Labute approximate surface area is 103 Å². The van der Waals surface area contributed by atoms with E-state index in [2.05, 4.69) is 35.6 Å². The van der Waals surface area contributed by atoms with Crippen LogP contribution in [0.1, 0.15) is 55.2 Å². The Morgan fingerprint density at radius 2 is 2.00 bits per heavy atom. The number of aryl methyl sites for hydroxylation is 2. The quantitative estimate of drug-likeness (QED) is 0.815. The summed E-state index contributed by atoms with van der Waals surface area (Å²) in [5.74, 6) is 2.47. The third-order valence-electron chi connectivity index (χ3n) is 3.28. The van der Waals surface area contributed by atoms with Gasteiger partial charge in [-0.05, 0) is 31.6 Å². The average Bonchev–Trinajstić information content (AvgIpc) is 2.30. The second kappa shape index (κ2) is 5.67. The second-order valence-electron chi connectivity index (χ2n) is 4.66. The smallest absolute Gasteiger partial charge is 0.129 e. The number of hydrogen-bond acceptors (Lipinski definition) is 3. The zero-order chi connectivity index (χ0) is 11.4. The van der Waals surface area contributed by atoms with Gasteiger partial charge in [0.2, 0.25) is 0 Å². The molecule has 0 aliphatic heterocycles. The van der Waals surface area contributed by atoms with Gasteiger partial charge in [0.25, 0.3) is 0 Å². The Morgan fingerprint density at radius 1 is 1.25 bits per heavy atom. The predicted octanol–water partition coefficient (Wildman–Crippen LogP) is 3.31. The van der Waals surface area contributed by atoms with Crippen molar-refractivity contribution in [3.05, 3.63) is 23.3 Å². The van der Waals surface area contributed by atoms with Crippen LogP contribution in [0.4, 0.5) is 0 Å². The van der Waals surface area contributed by atoms with Gasteiger partial charge in [0.05, 0.1) is 0 Å². The minimum absolute atomic E-state index is 0.675. The lowest BCUT2D eigenvalue weighted by atomic mass is 9.86. The molecule has 1 aromatic heterocycles. The van der Waals surface area contributed by atoms with Gasteiger partial charge in [0.1, 0.15) is 5.82 Å². The maximum Gasteiger partial charge on any atom is 0.129 e. The lowest BCUT2D eigenvalue weighted by Gasteiger charge is -2.21. The maximum atomic E-state index is 4.69. The van der Waals surface area contributed by atoms with Crippen molar-refractivity contribution in [2.45, 2.75) is 51.4 Å². The van der Waals surface area contributed by atoms with Crippen molar-refractivity contribution in [2.75, 3.05) is 5.75 Å². The van der Waals surface area contributed by atoms with Gasteiger partial charge in [-0.1, -0.05) is 19.3 Å². The molecule has 2 rings (SSSR count). The van der Waals surface area contributed by atoms with Crippen LogP contribution in [-0.4, -0.2) is 15.7 Å². The third-order valence-corrected chi connectivity index (χ3v) is 3.50. The Kier molecular flexibility index (Phi) is 4.22. The molecule has 1 heterocycles. The van der Waals surface area contributed by atoms with Gasteiger partial charge < -0.3 is 0 Å². The lowest BCUT2D eigenvalue weighted by molar-refractivity contribution is 0.435. The van der Waals surface area contributed by atoms with Crippen LogP contribution in [-0.2, 0) is 6.42 Å². The van der Waals surface area contributed by atoms with Gasteiger partial charge >= 0.3 is 0 Å². The van der Waals surface area contributed by atoms with E-state index < -0.39 is 0 Å². The summed E-state index contributed by atoms with van der Waals surface area (Å²) in [5.41, 5.74) is 2.37. The summed E-state index contributed by atoms with van der Waals surface area (Å²) >= 11 is 4.25. The molecule has 16 heavy (non-hydrogen) atoms. The van der Waals surface area contributed by atoms with Crippen molar-refractivity contribution in [3.8, 4) is 0 Å². The van der Waals surface area contributed by atoms with Crippen molar-refractivity contribution in [1.82, 2.24) is 9.97 Å². The minimum atomic E-state index is 0.675. The van der Waals surface area contributed by atoms with Gasteiger partial charge in [0.15, 0.2) is 0 Å². The fourth-order valence-electron chi connectivity index (χ4n) is 2.48. The van der Waals surface area contributed by atoms with Crippen LogP contribution in [0.2, 0.25) is 0 Å². The van der Waals surface area contributed by atoms with E-state index in [-0.39, 0.29) is 0 Å². The first kappa shape index (κ1) is 11.9. The Balaban J connectivity index is 2.18. The van der Waals surface area contributed by atoms with Crippen LogP contribution >= 0.6 is 12.6 Å². The topological polar surface area (TPSA) is 25.8 Å². The summed E-state index contributed by atoms with van der Waals surface area (Å²) in [6, 6.07) is 2.16. The largest absolute Gasteiger partial charge is 0.238 e. The van der Waals surface area contributed by atoms with E-state index in [0.29, 0.717) is 5.92 Å². The molecule has 1 aliphatic carbocycles. The standard InChI is InChI=1S/C13H20N2S/c1-10-9-12(11-5-3-2-4-6-11)15-13(14-10)7-8-16/h9,11,16H,2-8H2,1H3. The summed E-state index contributed by atoms with van der Waals surface area (Å²) < 4.78 is 0. The fourth-order valence-corrected chi connectivity index (χ4v) is 2.68. The molecule has 1 fully saturated rings. The van der Waals surface area contributed by atoms with Crippen LogP contribution in [0.15, 0.2) is 6.07 Å². The van der Waals surface area contributed by atoms with Crippen molar-refractivity contribution in [3.63, 3.8) is 0 Å². The van der Waals surface area contributed by atoms with Crippen molar-refractivity contribution < 1.29 is 0 Å². The van der Waals surface area contributed by atoms with Crippen LogP contribution in [0.25, 0.3) is 0 Å². The molecule has 1 aromatic rings. The maximum absolute atomic E-state index is 4.69. The summed E-state index contributed by atoms with van der Waals surface area (Å²) in [5, 5.41) is 0. The van der Waals surface area contributed by atoms with Gasteiger partial charge in [-0.15, -0.1) is 0 Å². The molecule has 0 saturated heterocycles. The summed E-state index contributed by atoms with van der Waals surface area (Å²) in [6.45, 7) is 2.07. The highest BCUT2D eigenvalue weighted by atomic mass is 32.1. The van der Waals surface area contributed by atoms with Crippen LogP contribution in [0.5, 0.6) is 0 Å². The van der Waals surface area contributed by atoms with Gasteiger partial charge in [-0.25, -0.2) is 9.97 Å². The van der Waals surface area contributed by atoms with E-state index in [1.165, 1.54) is 37.8 Å². The molecule has 0 aromatic carbocycles. The molecule has 1 saturated carbocycles. The van der Waals surface area contributed by atoms with Crippen molar-refractivity contribution in [2.24, 2.45) is 0 Å². The molecular formula is C13H20N2S. The predicted molar refractivity (Wildman–Crippen MR) is 70.2 cm³/mol. The summed E-state index contributed by atoms with van der Waals surface area (Å²) in [4.78, 5) is 9.15. The fraction of sp³-hybridized carbons (Fsp3) is 0.692. The van der Waals surface area contributed by atoms with E-state index >= 15 is 0 Å². The number of hydrogen-bond donors (Lipinski definition) is 1. The molecule has 0 bridgehead atoms. The number of rotatable bonds is 3. The van der Waals surface area contributed by atoms with E-state index in [1.807, 2.05) is 0 Å². The zero-order valence-electron chi connectivity index (χ0n) is 9.95. The monoisotopic (exact) mass is 236 g/mol. The molecule has 0 radical (unpaired) electrons. The minimum Gasteiger partial charge on any atom is -0.238 e. The van der Waals surface area contributed by atoms with E-state index in [9.17, 15) is 0 Å². The Hall–Kier alpha value is -0.570. The molecule has 0 unspecified atom stereocenters. The molecule has 0 amide bonds. The van der Waals surface area contributed by atoms with Crippen molar-refractivity contribution in [1.29, 1.82) is 0 Å². The summed E-state index contributed by atoms with van der Waals surface area (Å²) in [6.07, 6.45) is 7.59. The molecule has 2 nitrogen and oxygen atoms in total. The molecule has 0 atom stereocenters. The van der Waals surface area contributed by atoms with Crippen molar-refractivity contribution >= 4 is 12.6 Å². The number of nitrogens with zero attached hydrogens (tertiary/aromatic N) is 2. The molecule has 0 N–H and O–H groups in total. The van der Waals surface area contributed by atoms with Gasteiger partial charge in [-0.3, -0.25) is 0 Å². The number of thiol groups is 1. The van der Waals surface area contributed by atoms with E-state index in [4.69, 9.17) is 0 Å². The zero-order valence-corrected chi connectivity index (χ0v) is 10.8. The molecule has 1 aliphatic rings. The Bertz CT molecular complexity index is 346. The normalized spacial score (nSPS) is 17.6. The lowest BCUT2D eigenvalue weighted by Crippen LogP contribution is -2.10. The average molecular weight is 236 g/mol. The highest BCUT2D eigenvalue weighted by molar-refractivity contribution is 7.80. The van der Waals surface area contributed by atoms with Crippen LogP contribution < -0.4 is 0 Å². The molecular weight excluding hydrogens is 216 g/mol. The van der Waals surface area contributed by atoms with Gasteiger partial charge in [-0.2, -0.15) is 12.6 Å². The van der Waals surface area contributed by atoms with Gasteiger partial charge in [0, 0.05) is 23.7 Å². The number of aromatic nitrogens is 2. The molecule has 3 heteroatoms. The Morgan fingerprint density at radius 3 is 2.69 bits per heavy atom. The van der Waals surface area contributed by atoms with E-state index in [0.717, 1.165) is 23.7 Å². The van der Waals surface area contributed by atoms with Crippen LogP contribution in [0.3, 0.4) is 0 Å². The first-order chi connectivity index (χ1) is 7.79. The summed E-state index contributed by atoms with van der Waals surface area (Å²) in [7, 11) is 0. The first-order valence-corrected chi connectivity index (χ1v) is 6.88. The highest BCUT2D eigenvalue weighted by Crippen LogP contribution is 2.31. The highest BCUT2D eigenvalue weighted by Gasteiger charge is 2.17. The van der Waals surface area contributed by atoms with Crippen LogP contribution in [0, 0.1) is 6.92 Å². The first-order valence-electron chi connectivity index (χ1n) is 6.25. The second-order valence-corrected chi connectivity index (χ2v) is 5.11. The molecule has 88 valence electrons. The molecule has 0 spiro atoms. The van der Waals surface area contributed by atoms with E-state index in [1.54, 1.807) is 0 Å². The SMILES string of the molecule is Cc1cc(C2CCCCC2)nc(CCS)n1. The third kappa shape index (κ3) is 2.97.